The van der Waals surface area contributed by atoms with Gasteiger partial charge in [-0.15, -0.1) is 0 Å². The van der Waals surface area contributed by atoms with E-state index in [9.17, 15) is 4.79 Å². The van der Waals surface area contributed by atoms with Crippen molar-refractivity contribution in [1.29, 1.82) is 0 Å². The van der Waals surface area contributed by atoms with Crippen LogP contribution in [0, 0.1) is 20.8 Å². The first-order valence-electron chi connectivity index (χ1n) is 10.6. The SMILES string of the molecule is Cc1cc(N2CCCC2)nc(N2CCN(C(=O)CCc3c(C)noc3C)CC2)n1. The van der Waals surface area contributed by atoms with Gasteiger partial charge in [-0.2, -0.15) is 4.98 Å². The number of hydrogen-bond donors (Lipinski definition) is 0. The molecule has 8 heteroatoms. The Kier molecular flexibility index (Phi) is 5.69. The topological polar surface area (TPSA) is 78.6 Å². The van der Waals surface area contributed by atoms with Crippen LogP contribution in [0.5, 0.6) is 0 Å². The zero-order valence-electron chi connectivity index (χ0n) is 17.6. The molecule has 2 aromatic heterocycles. The van der Waals surface area contributed by atoms with Gasteiger partial charge in [-0.1, -0.05) is 5.16 Å². The molecule has 2 aromatic rings. The van der Waals surface area contributed by atoms with Crippen LogP contribution < -0.4 is 9.80 Å². The number of rotatable bonds is 5. The van der Waals surface area contributed by atoms with Gasteiger partial charge in [0.25, 0.3) is 0 Å². The van der Waals surface area contributed by atoms with Crippen LogP contribution >= 0.6 is 0 Å². The fourth-order valence-corrected chi connectivity index (χ4v) is 4.19. The van der Waals surface area contributed by atoms with Crippen molar-refractivity contribution in [2.45, 2.75) is 46.5 Å². The molecule has 0 saturated carbocycles. The lowest BCUT2D eigenvalue weighted by atomic mass is 10.1. The minimum Gasteiger partial charge on any atom is -0.361 e. The highest BCUT2D eigenvalue weighted by molar-refractivity contribution is 5.76. The predicted octanol–water partition coefficient (Wildman–Crippen LogP) is 2.27. The number of carbonyl (C=O) groups is 1. The molecule has 2 aliphatic rings. The number of hydrogen-bond acceptors (Lipinski definition) is 7. The third-order valence-corrected chi connectivity index (χ3v) is 5.94. The van der Waals surface area contributed by atoms with Crippen molar-refractivity contribution in [1.82, 2.24) is 20.0 Å². The van der Waals surface area contributed by atoms with E-state index in [0.717, 1.165) is 60.7 Å². The number of aryl methyl sites for hydroxylation is 3. The average Bonchev–Trinajstić information content (AvgIpc) is 3.36. The second kappa shape index (κ2) is 8.39. The molecule has 4 rings (SSSR count). The number of nitrogens with zero attached hydrogens (tertiary/aromatic N) is 6. The largest absolute Gasteiger partial charge is 0.361 e. The molecule has 29 heavy (non-hydrogen) atoms. The van der Waals surface area contributed by atoms with Gasteiger partial charge in [-0.3, -0.25) is 4.79 Å². The van der Waals surface area contributed by atoms with Crippen molar-refractivity contribution in [3.05, 3.63) is 28.8 Å². The lowest BCUT2D eigenvalue weighted by Gasteiger charge is -2.35. The van der Waals surface area contributed by atoms with Gasteiger partial charge in [0, 0.05) is 63.0 Å². The van der Waals surface area contributed by atoms with Crippen molar-refractivity contribution in [3.63, 3.8) is 0 Å². The van der Waals surface area contributed by atoms with Gasteiger partial charge in [0.15, 0.2) is 0 Å². The van der Waals surface area contributed by atoms with Gasteiger partial charge in [0.2, 0.25) is 11.9 Å². The summed E-state index contributed by atoms with van der Waals surface area (Å²) in [5.74, 6) is 2.82. The van der Waals surface area contributed by atoms with E-state index in [2.05, 4.69) is 26.0 Å². The molecule has 0 bridgehead atoms. The quantitative estimate of drug-likeness (QED) is 0.764. The molecule has 2 saturated heterocycles. The Morgan fingerprint density at radius 3 is 2.38 bits per heavy atom. The van der Waals surface area contributed by atoms with Gasteiger partial charge >= 0.3 is 0 Å². The Balaban J connectivity index is 1.34. The van der Waals surface area contributed by atoms with Crippen LogP contribution in [-0.2, 0) is 11.2 Å². The minimum atomic E-state index is 0.188. The standard InChI is InChI=1S/C21H30N6O2/c1-15-14-19(25-8-4-5-9-25)23-21(22-15)27-12-10-26(11-13-27)20(28)7-6-18-16(2)24-29-17(18)3/h14H,4-13H2,1-3H3. The number of aromatic nitrogens is 3. The number of piperazine rings is 1. The summed E-state index contributed by atoms with van der Waals surface area (Å²) < 4.78 is 5.19. The van der Waals surface area contributed by atoms with E-state index < -0.39 is 0 Å². The van der Waals surface area contributed by atoms with E-state index in [0.29, 0.717) is 25.9 Å². The molecule has 0 radical (unpaired) electrons. The summed E-state index contributed by atoms with van der Waals surface area (Å²) in [6, 6.07) is 2.07. The maximum Gasteiger partial charge on any atom is 0.227 e. The second-order valence-corrected chi connectivity index (χ2v) is 8.03. The molecular weight excluding hydrogens is 368 g/mol. The normalized spacial score (nSPS) is 17.3. The third kappa shape index (κ3) is 4.36. The Labute approximate surface area is 171 Å². The molecular formula is C21H30N6O2. The van der Waals surface area contributed by atoms with Crippen molar-refractivity contribution < 1.29 is 9.32 Å². The minimum absolute atomic E-state index is 0.188. The Morgan fingerprint density at radius 1 is 1.00 bits per heavy atom. The number of carbonyl (C=O) groups excluding carboxylic acids is 1. The highest BCUT2D eigenvalue weighted by atomic mass is 16.5. The van der Waals surface area contributed by atoms with Crippen LogP contribution in [0.1, 0.15) is 42.0 Å². The van der Waals surface area contributed by atoms with Crippen molar-refractivity contribution in [3.8, 4) is 0 Å². The van der Waals surface area contributed by atoms with Crippen LogP contribution in [-0.4, -0.2) is 65.2 Å². The molecule has 0 atom stereocenters. The summed E-state index contributed by atoms with van der Waals surface area (Å²) in [5.41, 5.74) is 2.93. The Hall–Kier alpha value is -2.64. The number of amides is 1. The third-order valence-electron chi connectivity index (χ3n) is 5.94. The monoisotopic (exact) mass is 398 g/mol. The Bertz CT molecular complexity index is 847. The zero-order valence-corrected chi connectivity index (χ0v) is 17.6. The molecule has 0 unspecified atom stereocenters. The maximum absolute atomic E-state index is 12.7. The fraction of sp³-hybridized carbons (Fsp3) is 0.619. The first-order valence-corrected chi connectivity index (χ1v) is 10.6. The highest BCUT2D eigenvalue weighted by Crippen LogP contribution is 2.22. The van der Waals surface area contributed by atoms with E-state index >= 15 is 0 Å². The first kappa shape index (κ1) is 19.7. The van der Waals surface area contributed by atoms with Crippen molar-refractivity contribution in [2.75, 3.05) is 49.1 Å². The van der Waals surface area contributed by atoms with Gasteiger partial charge in [-0.05, 0) is 40.0 Å². The van der Waals surface area contributed by atoms with E-state index in [1.807, 2.05) is 25.7 Å². The van der Waals surface area contributed by atoms with E-state index in [4.69, 9.17) is 9.51 Å². The molecule has 8 nitrogen and oxygen atoms in total. The summed E-state index contributed by atoms with van der Waals surface area (Å²) in [6.45, 7) is 10.9. The number of anilines is 2. The van der Waals surface area contributed by atoms with Crippen molar-refractivity contribution in [2.24, 2.45) is 0 Å². The van der Waals surface area contributed by atoms with Crippen LogP contribution in [0.2, 0.25) is 0 Å². The molecule has 1 amide bonds. The fourth-order valence-electron chi connectivity index (χ4n) is 4.19. The second-order valence-electron chi connectivity index (χ2n) is 8.03. The molecule has 0 aliphatic carbocycles. The van der Waals surface area contributed by atoms with Crippen LogP contribution in [0.25, 0.3) is 0 Å². The lowest BCUT2D eigenvalue weighted by molar-refractivity contribution is -0.131. The van der Waals surface area contributed by atoms with E-state index in [-0.39, 0.29) is 5.91 Å². The van der Waals surface area contributed by atoms with Crippen molar-refractivity contribution >= 4 is 17.7 Å². The molecule has 2 fully saturated rings. The van der Waals surface area contributed by atoms with Gasteiger partial charge in [0.1, 0.15) is 11.6 Å². The molecule has 0 aromatic carbocycles. The van der Waals surface area contributed by atoms with Crippen LogP contribution in [0.15, 0.2) is 10.6 Å². The van der Waals surface area contributed by atoms with Crippen LogP contribution in [0.4, 0.5) is 11.8 Å². The summed E-state index contributed by atoms with van der Waals surface area (Å²) in [4.78, 5) is 28.6. The zero-order chi connectivity index (χ0) is 20.4. The smallest absolute Gasteiger partial charge is 0.227 e. The molecule has 156 valence electrons. The van der Waals surface area contributed by atoms with Crippen LogP contribution in [0.3, 0.4) is 0 Å². The molecule has 0 spiro atoms. The van der Waals surface area contributed by atoms with E-state index in [1.54, 1.807) is 0 Å². The van der Waals surface area contributed by atoms with Gasteiger partial charge in [0.05, 0.1) is 5.69 Å². The average molecular weight is 399 g/mol. The first-order chi connectivity index (χ1) is 14.0. The highest BCUT2D eigenvalue weighted by Gasteiger charge is 2.24. The Morgan fingerprint density at radius 2 is 1.72 bits per heavy atom. The molecule has 4 heterocycles. The maximum atomic E-state index is 12.7. The summed E-state index contributed by atoms with van der Waals surface area (Å²) >= 11 is 0. The summed E-state index contributed by atoms with van der Waals surface area (Å²) in [6.07, 6.45) is 3.63. The lowest BCUT2D eigenvalue weighted by Crippen LogP contribution is -2.49. The van der Waals surface area contributed by atoms with E-state index in [1.165, 1.54) is 12.8 Å². The summed E-state index contributed by atoms with van der Waals surface area (Å²) in [7, 11) is 0. The van der Waals surface area contributed by atoms with Gasteiger partial charge < -0.3 is 19.2 Å². The summed E-state index contributed by atoms with van der Waals surface area (Å²) in [5, 5.41) is 3.97. The molecule has 2 aliphatic heterocycles. The predicted molar refractivity (Wildman–Crippen MR) is 111 cm³/mol. The van der Waals surface area contributed by atoms with Gasteiger partial charge in [-0.25, -0.2) is 4.98 Å². The molecule has 0 N–H and O–H groups in total.